The molecular weight excluding hydrogens is 190 g/mol. The van der Waals surface area contributed by atoms with Gasteiger partial charge in [0.05, 0.1) is 12.7 Å². The highest BCUT2D eigenvalue weighted by atomic mass is 16.5. The Morgan fingerprint density at radius 1 is 1.47 bits per heavy atom. The first kappa shape index (κ1) is 14.6. The second-order valence-corrected chi connectivity index (χ2v) is 3.53. The maximum atomic E-state index is 5.46. The summed E-state index contributed by atoms with van der Waals surface area (Å²) in [5.41, 5.74) is 0. The summed E-state index contributed by atoms with van der Waals surface area (Å²) in [6, 6.07) is 0. The van der Waals surface area contributed by atoms with Gasteiger partial charge in [-0.2, -0.15) is 0 Å². The van der Waals surface area contributed by atoms with Crippen molar-refractivity contribution in [2.45, 2.75) is 26.4 Å². The third-order valence-electron chi connectivity index (χ3n) is 2.29. The molecule has 0 N–H and O–H groups in total. The lowest BCUT2D eigenvalue weighted by Gasteiger charge is -2.30. The molecule has 0 aliphatic carbocycles. The Hall–Kier alpha value is -0.380. The molecule has 0 radical (unpaired) electrons. The predicted octanol–water partition coefficient (Wildman–Crippen LogP) is 1.94. The fourth-order valence-electron chi connectivity index (χ4n) is 1.63. The normalized spacial score (nSPS) is 21.9. The Bertz CT molecular complexity index is 142. The molecule has 0 spiro atoms. The van der Waals surface area contributed by atoms with Gasteiger partial charge in [-0.15, -0.1) is 13.2 Å². The summed E-state index contributed by atoms with van der Waals surface area (Å²) in [5.74, 6) is 0. The Morgan fingerprint density at radius 2 is 2.20 bits per heavy atom. The van der Waals surface area contributed by atoms with Crippen LogP contribution in [0.3, 0.4) is 0 Å². The van der Waals surface area contributed by atoms with Gasteiger partial charge < -0.3 is 9.47 Å². The minimum Gasteiger partial charge on any atom is -0.382 e. The van der Waals surface area contributed by atoms with Crippen molar-refractivity contribution in [1.82, 2.24) is 4.90 Å². The Balaban J connectivity index is 0.000000921. The number of hydrogen-bond donors (Lipinski definition) is 0. The van der Waals surface area contributed by atoms with Gasteiger partial charge in [0, 0.05) is 32.8 Å². The first-order valence-corrected chi connectivity index (χ1v) is 5.74. The molecule has 1 aliphatic rings. The first-order valence-electron chi connectivity index (χ1n) is 5.74. The topological polar surface area (TPSA) is 21.7 Å². The average Bonchev–Trinajstić information content (AvgIpc) is 2.27. The SMILES string of the molecule is C=C.CCOCCCN1CCO[C@@H](C)C1. The molecule has 0 aromatic heterocycles. The molecule has 1 atom stereocenters. The van der Waals surface area contributed by atoms with E-state index in [9.17, 15) is 0 Å². The fraction of sp³-hybridized carbons (Fsp3) is 0.833. The highest BCUT2D eigenvalue weighted by molar-refractivity contribution is 4.67. The van der Waals surface area contributed by atoms with Gasteiger partial charge in [-0.3, -0.25) is 4.90 Å². The van der Waals surface area contributed by atoms with E-state index >= 15 is 0 Å². The minimum atomic E-state index is 0.404. The lowest BCUT2D eigenvalue weighted by atomic mass is 10.3. The van der Waals surface area contributed by atoms with Crippen molar-refractivity contribution in [3.8, 4) is 0 Å². The van der Waals surface area contributed by atoms with Crippen molar-refractivity contribution in [3.63, 3.8) is 0 Å². The smallest absolute Gasteiger partial charge is 0.0674 e. The molecule has 0 amide bonds. The molecule has 0 aromatic rings. The second kappa shape index (κ2) is 10.1. The lowest BCUT2D eigenvalue weighted by Crippen LogP contribution is -2.41. The van der Waals surface area contributed by atoms with Gasteiger partial charge in [-0.25, -0.2) is 0 Å². The van der Waals surface area contributed by atoms with Crippen molar-refractivity contribution in [2.75, 3.05) is 39.5 Å². The number of rotatable bonds is 5. The van der Waals surface area contributed by atoms with Gasteiger partial charge in [0.2, 0.25) is 0 Å². The van der Waals surface area contributed by atoms with Crippen LogP contribution in [0.1, 0.15) is 20.3 Å². The fourth-order valence-corrected chi connectivity index (χ4v) is 1.63. The molecule has 15 heavy (non-hydrogen) atoms. The average molecular weight is 215 g/mol. The maximum absolute atomic E-state index is 5.46. The van der Waals surface area contributed by atoms with Crippen LogP contribution < -0.4 is 0 Å². The van der Waals surface area contributed by atoms with Gasteiger partial charge in [-0.1, -0.05) is 0 Å². The lowest BCUT2D eigenvalue weighted by molar-refractivity contribution is -0.0206. The van der Waals surface area contributed by atoms with Gasteiger partial charge in [0.25, 0.3) is 0 Å². The van der Waals surface area contributed by atoms with Crippen molar-refractivity contribution >= 4 is 0 Å². The first-order chi connectivity index (χ1) is 7.33. The zero-order valence-electron chi connectivity index (χ0n) is 10.2. The van der Waals surface area contributed by atoms with E-state index in [0.29, 0.717) is 6.10 Å². The third kappa shape index (κ3) is 7.54. The molecule has 0 bridgehead atoms. The van der Waals surface area contributed by atoms with E-state index < -0.39 is 0 Å². The van der Waals surface area contributed by atoms with Gasteiger partial charge in [0.1, 0.15) is 0 Å². The van der Waals surface area contributed by atoms with Crippen LogP contribution in [0, 0.1) is 0 Å². The molecule has 1 fully saturated rings. The number of hydrogen-bond acceptors (Lipinski definition) is 3. The third-order valence-corrected chi connectivity index (χ3v) is 2.29. The minimum absolute atomic E-state index is 0.404. The van der Waals surface area contributed by atoms with Gasteiger partial charge in [0.15, 0.2) is 0 Å². The highest BCUT2D eigenvalue weighted by Gasteiger charge is 2.15. The molecule has 0 saturated carbocycles. The number of ether oxygens (including phenoxy) is 2. The molecule has 1 aliphatic heterocycles. The standard InChI is InChI=1S/C10H21NO2.C2H4/c1-3-12-7-4-5-11-6-8-13-10(2)9-11;1-2/h10H,3-9H2,1-2H3;1-2H2/t10-;/m0./s1. The Labute approximate surface area is 94.1 Å². The highest BCUT2D eigenvalue weighted by Crippen LogP contribution is 2.04. The number of nitrogens with zero attached hydrogens (tertiary/aromatic N) is 1. The van der Waals surface area contributed by atoms with E-state index in [1.807, 2.05) is 6.92 Å². The Kier molecular flexibility index (Phi) is 9.89. The van der Waals surface area contributed by atoms with Crippen LogP contribution in [0.15, 0.2) is 13.2 Å². The van der Waals surface area contributed by atoms with Crippen LogP contribution in [0.5, 0.6) is 0 Å². The van der Waals surface area contributed by atoms with Crippen LogP contribution in [0.4, 0.5) is 0 Å². The van der Waals surface area contributed by atoms with Gasteiger partial charge >= 0.3 is 0 Å². The van der Waals surface area contributed by atoms with E-state index in [1.165, 1.54) is 0 Å². The molecule has 0 unspecified atom stereocenters. The molecule has 3 heteroatoms. The van der Waals surface area contributed by atoms with Crippen molar-refractivity contribution in [3.05, 3.63) is 13.2 Å². The molecule has 1 heterocycles. The quantitative estimate of drug-likeness (QED) is 0.517. The van der Waals surface area contributed by atoms with Crippen LogP contribution in [0.2, 0.25) is 0 Å². The summed E-state index contributed by atoms with van der Waals surface area (Å²) in [6.07, 6.45) is 1.54. The van der Waals surface area contributed by atoms with E-state index in [-0.39, 0.29) is 0 Å². The maximum Gasteiger partial charge on any atom is 0.0674 e. The van der Waals surface area contributed by atoms with Crippen LogP contribution >= 0.6 is 0 Å². The largest absolute Gasteiger partial charge is 0.382 e. The molecule has 3 nitrogen and oxygen atoms in total. The molecule has 1 rings (SSSR count). The van der Waals surface area contributed by atoms with E-state index in [0.717, 1.165) is 45.9 Å². The van der Waals surface area contributed by atoms with Crippen LogP contribution in [-0.2, 0) is 9.47 Å². The summed E-state index contributed by atoms with van der Waals surface area (Å²) < 4.78 is 10.8. The van der Waals surface area contributed by atoms with E-state index in [1.54, 1.807) is 0 Å². The molecule has 90 valence electrons. The summed E-state index contributed by atoms with van der Waals surface area (Å²) >= 11 is 0. The summed E-state index contributed by atoms with van der Waals surface area (Å²) in [5, 5.41) is 0. The molecular formula is C12H25NO2. The number of morpholine rings is 1. The van der Waals surface area contributed by atoms with Crippen LogP contribution in [-0.4, -0.2) is 50.5 Å². The van der Waals surface area contributed by atoms with Gasteiger partial charge in [-0.05, 0) is 20.3 Å². The Morgan fingerprint density at radius 3 is 2.80 bits per heavy atom. The second-order valence-electron chi connectivity index (χ2n) is 3.53. The zero-order chi connectivity index (χ0) is 11.5. The van der Waals surface area contributed by atoms with Crippen molar-refractivity contribution in [1.29, 1.82) is 0 Å². The monoisotopic (exact) mass is 215 g/mol. The van der Waals surface area contributed by atoms with Crippen LogP contribution in [0.25, 0.3) is 0 Å². The van der Waals surface area contributed by atoms with E-state index in [2.05, 4.69) is 25.0 Å². The molecule has 0 aromatic carbocycles. The summed E-state index contributed by atoms with van der Waals surface area (Å²) in [6.45, 7) is 16.1. The summed E-state index contributed by atoms with van der Waals surface area (Å²) in [7, 11) is 0. The van der Waals surface area contributed by atoms with Crippen molar-refractivity contribution in [2.24, 2.45) is 0 Å². The summed E-state index contributed by atoms with van der Waals surface area (Å²) in [4.78, 5) is 2.45. The van der Waals surface area contributed by atoms with Crippen molar-refractivity contribution < 1.29 is 9.47 Å². The van der Waals surface area contributed by atoms with E-state index in [4.69, 9.17) is 9.47 Å². The zero-order valence-corrected chi connectivity index (χ0v) is 10.2. The predicted molar refractivity (Wildman–Crippen MR) is 64.2 cm³/mol. The molecule has 1 saturated heterocycles.